The number of nitrogens with zero attached hydrogens (tertiary/aromatic N) is 2. The van der Waals surface area contributed by atoms with Crippen LogP contribution >= 0.6 is 0 Å². The fourth-order valence-electron chi connectivity index (χ4n) is 2.42. The van der Waals surface area contributed by atoms with Crippen molar-refractivity contribution in [1.29, 1.82) is 5.26 Å². The van der Waals surface area contributed by atoms with Gasteiger partial charge in [0.25, 0.3) is 0 Å². The van der Waals surface area contributed by atoms with Gasteiger partial charge in [0.05, 0.1) is 30.9 Å². The predicted octanol–water partition coefficient (Wildman–Crippen LogP) is 1.48. The molecular formula is C14H16N2O3. The third-order valence-electron chi connectivity index (χ3n) is 3.44. The molecule has 1 aliphatic rings. The maximum atomic E-state index is 11.2. The van der Waals surface area contributed by atoms with Crippen LogP contribution in [0, 0.1) is 17.2 Å². The smallest absolute Gasteiger partial charge is 0.311 e. The highest BCUT2D eigenvalue weighted by atomic mass is 16.5. The molecule has 1 saturated heterocycles. The standard InChI is InChI=1S/C14H16N2O3/c1-2-16(11-5-3-10(7-15)4-6-11)13-9-19-8-12(13)14(17)18/h3-6,12-13H,2,8-9H2,1H3,(H,17,18). The van der Waals surface area contributed by atoms with Crippen LogP contribution < -0.4 is 4.90 Å². The van der Waals surface area contributed by atoms with Crippen LogP contribution in [0.4, 0.5) is 5.69 Å². The van der Waals surface area contributed by atoms with Crippen molar-refractivity contribution < 1.29 is 14.6 Å². The average molecular weight is 260 g/mol. The summed E-state index contributed by atoms with van der Waals surface area (Å²) < 4.78 is 5.31. The highest BCUT2D eigenvalue weighted by molar-refractivity contribution is 5.72. The Morgan fingerprint density at radius 2 is 2.16 bits per heavy atom. The predicted molar refractivity (Wildman–Crippen MR) is 69.9 cm³/mol. The molecule has 2 atom stereocenters. The Hall–Kier alpha value is -2.06. The lowest BCUT2D eigenvalue weighted by Gasteiger charge is -2.31. The number of hydrogen-bond donors (Lipinski definition) is 1. The van der Waals surface area contributed by atoms with Crippen molar-refractivity contribution in [2.45, 2.75) is 13.0 Å². The number of carboxylic acids is 1. The summed E-state index contributed by atoms with van der Waals surface area (Å²) >= 11 is 0. The van der Waals surface area contributed by atoms with E-state index in [1.165, 1.54) is 0 Å². The Morgan fingerprint density at radius 3 is 2.68 bits per heavy atom. The topological polar surface area (TPSA) is 73.6 Å². The second-order valence-corrected chi connectivity index (χ2v) is 4.49. The summed E-state index contributed by atoms with van der Waals surface area (Å²) in [5, 5.41) is 18.0. The van der Waals surface area contributed by atoms with Gasteiger partial charge in [0.15, 0.2) is 0 Å². The molecule has 1 aromatic carbocycles. The monoisotopic (exact) mass is 260 g/mol. The fraction of sp³-hybridized carbons (Fsp3) is 0.429. The van der Waals surface area contributed by atoms with E-state index in [0.29, 0.717) is 18.7 Å². The van der Waals surface area contributed by atoms with Crippen molar-refractivity contribution in [3.05, 3.63) is 29.8 Å². The van der Waals surface area contributed by atoms with Gasteiger partial charge in [-0.3, -0.25) is 4.79 Å². The lowest BCUT2D eigenvalue weighted by molar-refractivity contribution is -0.141. The molecule has 2 rings (SSSR count). The Balaban J connectivity index is 2.23. The van der Waals surface area contributed by atoms with Crippen LogP contribution in [0.1, 0.15) is 12.5 Å². The molecule has 1 aliphatic heterocycles. The number of rotatable bonds is 4. The molecule has 0 amide bonds. The van der Waals surface area contributed by atoms with E-state index in [0.717, 1.165) is 5.69 Å². The number of carboxylic acid groups (broad SMARTS) is 1. The first-order valence-electron chi connectivity index (χ1n) is 6.24. The number of anilines is 1. The molecule has 0 radical (unpaired) electrons. The van der Waals surface area contributed by atoms with Gasteiger partial charge in [0, 0.05) is 12.2 Å². The molecule has 0 aliphatic carbocycles. The van der Waals surface area contributed by atoms with E-state index < -0.39 is 11.9 Å². The molecule has 5 nitrogen and oxygen atoms in total. The van der Waals surface area contributed by atoms with Gasteiger partial charge in [-0.15, -0.1) is 0 Å². The van der Waals surface area contributed by atoms with Gasteiger partial charge in [0.2, 0.25) is 0 Å². The Kier molecular flexibility index (Phi) is 4.03. The van der Waals surface area contributed by atoms with Crippen LogP contribution in [0.3, 0.4) is 0 Å². The molecule has 0 bridgehead atoms. The minimum Gasteiger partial charge on any atom is -0.481 e. The molecule has 19 heavy (non-hydrogen) atoms. The van der Waals surface area contributed by atoms with Crippen LogP contribution in [-0.2, 0) is 9.53 Å². The van der Waals surface area contributed by atoms with Crippen LogP contribution in [0.25, 0.3) is 0 Å². The van der Waals surface area contributed by atoms with Crippen LogP contribution in [0.5, 0.6) is 0 Å². The zero-order valence-corrected chi connectivity index (χ0v) is 10.7. The van der Waals surface area contributed by atoms with Crippen molar-refractivity contribution in [2.24, 2.45) is 5.92 Å². The highest BCUT2D eigenvalue weighted by Crippen LogP contribution is 2.26. The van der Waals surface area contributed by atoms with Gasteiger partial charge >= 0.3 is 5.97 Å². The first-order valence-corrected chi connectivity index (χ1v) is 6.24. The van der Waals surface area contributed by atoms with Gasteiger partial charge in [0.1, 0.15) is 5.92 Å². The van der Waals surface area contributed by atoms with E-state index in [4.69, 9.17) is 10.00 Å². The Labute approximate surface area is 112 Å². The summed E-state index contributed by atoms with van der Waals surface area (Å²) in [4.78, 5) is 13.2. The molecule has 0 aromatic heterocycles. The number of nitriles is 1. The SMILES string of the molecule is CCN(c1ccc(C#N)cc1)C1COCC1C(=O)O. The van der Waals surface area contributed by atoms with Crippen molar-refractivity contribution in [3.8, 4) is 6.07 Å². The number of benzene rings is 1. The summed E-state index contributed by atoms with van der Waals surface area (Å²) in [6.45, 7) is 3.36. The zero-order valence-electron chi connectivity index (χ0n) is 10.7. The summed E-state index contributed by atoms with van der Waals surface area (Å²) in [5.41, 5.74) is 1.51. The molecule has 100 valence electrons. The van der Waals surface area contributed by atoms with Gasteiger partial charge in [-0.1, -0.05) is 0 Å². The Bertz CT molecular complexity index is 492. The highest BCUT2D eigenvalue weighted by Gasteiger charge is 2.37. The number of ether oxygens (including phenoxy) is 1. The summed E-state index contributed by atoms with van der Waals surface area (Å²) in [6.07, 6.45) is 0. The molecule has 5 heteroatoms. The quantitative estimate of drug-likeness (QED) is 0.887. The van der Waals surface area contributed by atoms with Crippen molar-refractivity contribution in [1.82, 2.24) is 0 Å². The van der Waals surface area contributed by atoms with E-state index in [9.17, 15) is 9.90 Å². The Morgan fingerprint density at radius 1 is 1.47 bits per heavy atom. The maximum Gasteiger partial charge on any atom is 0.311 e. The first kappa shape index (κ1) is 13.4. The van der Waals surface area contributed by atoms with Gasteiger partial charge in [-0.2, -0.15) is 5.26 Å². The number of aliphatic carboxylic acids is 1. The van der Waals surface area contributed by atoms with E-state index in [2.05, 4.69) is 6.07 Å². The molecule has 0 spiro atoms. The molecule has 1 fully saturated rings. The molecule has 1 N–H and O–H groups in total. The molecule has 1 heterocycles. The summed E-state index contributed by atoms with van der Waals surface area (Å²) in [6, 6.07) is 9.09. The number of hydrogen-bond acceptors (Lipinski definition) is 4. The lowest BCUT2D eigenvalue weighted by atomic mass is 10.0. The maximum absolute atomic E-state index is 11.2. The molecule has 1 aromatic rings. The van der Waals surface area contributed by atoms with Crippen LogP contribution in [0.2, 0.25) is 0 Å². The minimum absolute atomic E-state index is 0.157. The van der Waals surface area contributed by atoms with Crippen molar-refractivity contribution in [2.75, 3.05) is 24.7 Å². The minimum atomic E-state index is -0.824. The largest absolute Gasteiger partial charge is 0.481 e. The van der Waals surface area contributed by atoms with Crippen LogP contribution in [0.15, 0.2) is 24.3 Å². The molecule has 2 unspecified atom stereocenters. The van der Waals surface area contributed by atoms with E-state index >= 15 is 0 Å². The van der Waals surface area contributed by atoms with Crippen molar-refractivity contribution in [3.63, 3.8) is 0 Å². The van der Waals surface area contributed by atoms with Crippen LogP contribution in [-0.4, -0.2) is 36.9 Å². The van der Waals surface area contributed by atoms with E-state index in [1.54, 1.807) is 12.1 Å². The van der Waals surface area contributed by atoms with Gasteiger partial charge in [-0.25, -0.2) is 0 Å². The second-order valence-electron chi connectivity index (χ2n) is 4.49. The average Bonchev–Trinajstić information content (AvgIpc) is 2.90. The van der Waals surface area contributed by atoms with Crippen molar-refractivity contribution >= 4 is 11.7 Å². The second kappa shape index (κ2) is 5.72. The summed E-state index contributed by atoms with van der Waals surface area (Å²) in [5.74, 6) is -1.33. The third kappa shape index (κ3) is 2.69. The molecule has 0 saturated carbocycles. The molecular weight excluding hydrogens is 244 g/mol. The zero-order chi connectivity index (χ0) is 13.8. The lowest BCUT2D eigenvalue weighted by Crippen LogP contribution is -2.43. The number of carbonyl (C=O) groups is 1. The third-order valence-corrected chi connectivity index (χ3v) is 3.44. The van der Waals surface area contributed by atoms with Gasteiger partial charge < -0.3 is 14.7 Å². The van der Waals surface area contributed by atoms with E-state index in [-0.39, 0.29) is 12.6 Å². The number of likely N-dealkylation sites (N-methyl/N-ethyl adjacent to an activating group) is 1. The first-order chi connectivity index (χ1) is 9.17. The normalized spacial score (nSPS) is 21.9. The fourth-order valence-corrected chi connectivity index (χ4v) is 2.42. The van der Waals surface area contributed by atoms with E-state index in [1.807, 2.05) is 24.0 Å². The van der Waals surface area contributed by atoms with Gasteiger partial charge in [-0.05, 0) is 31.2 Å². The summed E-state index contributed by atoms with van der Waals surface area (Å²) in [7, 11) is 0.